The number of thiophene rings is 2. The molecule has 524 valence electrons. The molecule has 4 aliphatic rings. The van der Waals surface area contributed by atoms with E-state index >= 15 is 0 Å². The maximum atomic E-state index is 11.4. The molecule has 8 aromatic rings. The molecule has 1 N–H and O–H groups in total. The fourth-order valence-electron chi connectivity index (χ4n) is 10.8. The molecule has 1 amide bonds. The lowest BCUT2D eigenvalue weighted by Crippen LogP contribution is -2.40. The molecule has 12 rings (SSSR count). The first-order chi connectivity index (χ1) is 45.9. The molecular formula is C85H115N3O6S3. The highest BCUT2D eigenvalue weighted by Crippen LogP contribution is 2.36. The summed E-state index contributed by atoms with van der Waals surface area (Å²) >= 11 is 5.38. The minimum absolute atomic E-state index is 0.267. The van der Waals surface area contributed by atoms with Crippen molar-refractivity contribution in [1.29, 1.82) is 0 Å². The molecule has 0 radical (unpaired) electrons. The molecule has 1 saturated heterocycles. The molecule has 7 heterocycles. The van der Waals surface area contributed by atoms with E-state index in [4.69, 9.17) is 13.9 Å². The molecule has 4 aromatic heterocycles. The number of likely N-dealkylation sites (tertiary alicyclic amines) is 1. The SMILES string of the molecule is CC(C)C1CCCC1.CC(C)N1CCCCC1=O.CC(C)c1ccc2c(c1)OCO2.CC(C)c1cccc(C#CC(C)(C)O)c1.CC(C)c1ccccc1.Cc1ccc(-c2nc(C(C)C)cs2)s1.Cc1ccc(C2=NCC(C(C)C)=C2)s1.Cc1ccc2c(C(C)C)cc(=O)oc2c1. The van der Waals surface area contributed by atoms with Crippen LogP contribution in [-0.4, -0.2) is 58.1 Å². The van der Waals surface area contributed by atoms with Crippen LogP contribution in [0, 0.1) is 50.4 Å². The number of thiazole rings is 1. The Labute approximate surface area is 596 Å². The Balaban J connectivity index is 0.000000202. The van der Waals surface area contributed by atoms with E-state index < -0.39 is 5.60 Å². The van der Waals surface area contributed by atoms with Crippen molar-refractivity contribution in [2.75, 3.05) is 19.9 Å². The van der Waals surface area contributed by atoms with Crippen LogP contribution in [0.5, 0.6) is 11.5 Å². The van der Waals surface area contributed by atoms with Gasteiger partial charge in [0.1, 0.15) is 16.2 Å². The number of carbonyl (C=O) groups excluding carboxylic acids is 1. The Kier molecular flexibility index (Phi) is 33.5. The summed E-state index contributed by atoms with van der Waals surface area (Å²) in [5.74, 6) is 13.1. The number of hydrogen-bond acceptors (Lipinski definition) is 11. The van der Waals surface area contributed by atoms with Gasteiger partial charge in [-0.25, -0.2) is 9.78 Å². The van der Waals surface area contributed by atoms with Gasteiger partial charge in [-0.1, -0.05) is 195 Å². The summed E-state index contributed by atoms with van der Waals surface area (Å²) in [4.78, 5) is 39.0. The molecule has 0 atom stereocenters. The molecule has 0 bridgehead atoms. The summed E-state index contributed by atoms with van der Waals surface area (Å²) in [5, 5.41) is 13.8. The van der Waals surface area contributed by atoms with E-state index in [2.05, 4.69) is 225 Å². The number of aryl methyl sites for hydroxylation is 3. The molecule has 4 aromatic carbocycles. The number of nitrogens with zero attached hydrogens (tertiary/aromatic N) is 3. The average molecular weight is 1370 g/mol. The number of benzene rings is 4. The molecule has 1 saturated carbocycles. The van der Waals surface area contributed by atoms with Gasteiger partial charge in [0, 0.05) is 51.2 Å². The number of aliphatic imine (C=N–C) groups is 1. The van der Waals surface area contributed by atoms with Crippen LogP contribution in [0.3, 0.4) is 0 Å². The summed E-state index contributed by atoms with van der Waals surface area (Å²) < 4.78 is 15.7. The van der Waals surface area contributed by atoms with Crippen molar-refractivity contribution in [3.8, 4) is 33.2 Å². The van der Waals surface area contributed by atoms with Gasteiger partial charge in [0.2, 0.25) is 12.7 Å². The van der Waals surface area contributed by atoms with Crippen molar-refractivity contribution in [3.63, 3.8) is 0 Å². The zero-order valence-corrected chi connectivity index (χ0v) is 65.0. The maximum absolute atomic E-state index is 11.4. The van der Waals surface area contributed by atoms with Crippen LogP contribution in [0.4, 0.5) is 0 Å². The number of hydrogen-bond donors (Lipinski definition) is 1. The third-order valence-electron chi connectivity index (χ3n) is 17.0. The molecule has 97 heavy (non-hydrogen) atoms. The number of amides is 1. The number of aliphatic hydroxyl groups is 1. The van der Waals surface area contributed by atoms with Crippen molar-refractivity contribution in [3.05, 3.63) is 202 Å². The quantitative estimate of drug-likeness (QED) is 0.107. The number of fused-ring (bicyclic) bond motifs is 2. The van der Waals surface area contributed by atoms with Crippen LogP contribution in [0.25, 0.3) is 20.9 Å². The highest BCUT2D eigenvalue weighted by molar-refractivity contribution is 7.21. The third kappa shape index (κ3) is 28.1. The Morgan fingerprint density at radius 3 is 1.73 bits per heavy atom. The Morgan fingerprint density at radius 1 is 0.608 bits per heavy atom. The fraction of sp³-hybridized carbons (Fsp3) is 0.482. The molecule has 1 aliphatic carbocycles. The highest BCUT2D eigenvalue weighted by Gasteiger charge is 2.21. The predicted octanol–water partition coefficient (Wildman–Crippen LogP) is 23.5. The molecule has 12 heteroatoms. The van der Waals surface area contributed by atoms with E-state index in [0.29, 0.717) is 59.8 Å². The van der Waals surface area contributed by atoms with E-state index in [1.54, 1.807) is 31.3 Å². The van der Waals surface area contributed by atoms with Crippen molar-refractivity contribution < 1.29 is 23.8 Å². The number of allylic oxidation sites excluding steroid dienone is 1. The summed E-state index contributed by atoms with van der Waals surface area (Å²) in [6.07, 6.45) is 11.3. The summed E-state index contributed by atoms with van der Waals surface area (Å²) in [5.41, 5.74) is 10.4. The van der Waals surface area contributed by atoms with Crippen LogP contribution < -0.4 is 15.1 Å². The molecule has 0 spiro atoms. The van der Waals surface area contributed by atoms with Crippen LogP contribution >= 0.6 is 34.0 Å². The number of aromatic nitrogens is 1. The smallest absolute Gasteiger partial charge is 0.336 e. The van der Waals surface area contributed by atoms with Gasteiger partial charge in [-0.15, -0.1) is 34.0 Å². The van der Waals surface area contributed by atoms with Gasteiger partial charge in [0.05, 0.1) is 27.7 Å². The number of rotatable bonds is 10. The van der Waals surface area contributed by atoms with Crippen LogP contribution in [0.15, 0.2) is 153 Å². The van der Waals surface area contributed by atoms with E-state index in [0.717, 1.165) is 76.4 Å². The first-order valence-corrected chi connectivity index (χ1v) is 37.9. The summed E-state index contributed by atoms with van der Waals surface area (Å²) in [6.45, 7) is 46.7. The highest BCUT2D eigenvalue weighted by atomic mass is 32.1. The van der Waals surface area contributed by atoms with E-state index in [1.807, 2.05) is 83.0 Å². The second kappa shape index (κ2) is 40.3. The lowest BCUT2D eigenvalue weighted by molar-refractivity contribution is -0.135. The van der Waals surface area contributed by atoms with Gasteiger partial charge in [0.25, 0.3) is 0 Å². The monoisotopic (exact) mass is 1370 g/mol. The van der Waals surface area contributed by atoms with Crippen molar-refractivity contribution in [1.82, 2.24) is 9.88 Å². The second-order valence-corrected chi connectivity index (χ2v) is 32.1. The number of piperidine rings is 1. The lowest BCUT2D eigenvalue weighted by atomic mass is 9.95. The van der Waals surface area contributed by atoms with Gasteiger partial charge in [-0.3, -0.25) is 9.79 Å². The van der Waals surface area contributed by atoms with Gasteiger partial charge in [-0.2, -0.15) is 0 Å². The average Bonchev–Trinajstić information content (AvgIpc) is 1.70. The molecule has 2 fully saturated rings. The van der Waals surface area contributed by atoms with Crippen molar-refractivity contribution >= 4 is 56.6 Å². The standard InChI is InChI=1S/C14H18O.C13H14O2.C12H15NS.C11H13NS2.C10H12O2.C9H12.C8H15NO.C8H16/c1-11(2)13-7-5-6-12(10-13)8-9-14(3,4)15;1-8(2)11-7-13(14)15-12-6-9(3)4-5-10(11)12;1-8(2)10-6-11(13-7-10)12-5-4-9(3)14-12;1-7(2)9-6-13-11(12-9)10-5-4-8(3)14-10;1-7(2)8-3-4-9-10(5-8)12-6-11-9;1-8(2)9-6-4-3-5-7-9;1-7(2)9-6-4-3-5-8(9)10;1-7(2)8-5-3-4-6-8/h5-7,10-11,15H,1-4H3;4-8H,1-3H3;4-6,8H,7H2,1-3H3;4-7H,1-3H3;3-5,7H,6H2,1-2H3;3-8H,1-2H3;7H,3-6H2,1-2H3;7-8H,3-6H2,1-2H3. The Hall–Kier alpha value is -6.88. The van der Waals surface area contributed by atoms with Crippen LogP contribution in [-0.2, 0) is 4.79 Å². The zero-order chi connectivity index (χ0) is 71.5. The first kappa shape index (κ1) is 80.8. The Morgan fingerprint density at radius 2 is 1.23 bits per heavy atom. The van der Waals surface area contributed by atoms with E-state index in [9.17, 15) is 14.7 Å². The topological polar surface area (TPSA) is 114 Å². The van der Waals surface area contributed by atoms with Crippen LogP contribution in [0.1, 0.15) is 253 Å². The third-order valence-corrected chi connectivity index (χ3v) is 20.1. The van der Waals surface area contributed by atoms with Gasteiger partial charge < -0.3 is 23.9 Å². The lowest BCUT2D eigenvalue weighted by Gasteiger charge is -2.30. The summed E-state index contributed by atoms with van der Waals surface area (Å²) in [6, 6.07) is 41.3. The molecule has 9 nitrogen and oxygen atoms in total. The zero-order valence-electron chi connectivity index (χ0n) is 62.5. The van der Waals surface area contributed by atoms with Gasteiger partial charge in [-0.05, 0) is 203 Å². The van der Waals surface area contributed by atoms with E-state index in [-0.39, 0.29) is 5.63 Å². The van der Waals surface area contributed by atoms with Gasteiger partial charge in [0.15, 0.2) is 11.5 Å². The fourth-order valence-corrected chi connectivity index (χ4v) is 13.6. The molecular weight excluding hydrogens is 1260 g/mol. The van der Waals surface area contributed by atoms with Crippen molar-refractivity contribution in [2.45, 2.75) is 232 Å². The minimum Gasteiger partial charge on any atom is -0.454 e. The van der Waals surface area contributed by atoms with Gasteiger partial charge >= 0.3 is 5.63 Å². The Bertz CT molecular complexity index is 3850. The molecule has 3 aliphatic heterocycles. The van der Waals surface area contributed by atoms with Crippen LogP contribution in [0.2, 0.25) is 0 Å². The predicted molar refractivity (Wildman–Crippen MR) is 417 cm³/mol. The number of ether oxygens (including phenoxy) is 2. The minimum atomic E-state index is -0.923. The van der Waals surface area contributed by atoms with Crippen molar-refractivity contribution in [2.24, 2.45) is 22.7 Å². The second-order valence-electron chi connectivity index (χ2n) is 28.7. The first-order valence-electron chi connectivity index (χ1n) is 35.4. The normalized spacial score (nSPS) is 14.0. The number of carbonyl (C=O) groups is 1. The largest absolute Gasteiger partial charge is 0.454 e. The summed E-state index contributed by atoms with van der Waals surface area (Å²) in [7, 11) is 0. The van der Waals surface area contributed by atoms with E-state index in [1.165, 1.54) is 85.3 Å². The maximum Gasteiger partial charge on any atom is 0.336 e. The molecule has 0 unspecified atom stereocenters.